The van der Waals surface area contributed by atoms with E-state index in [0.717, 1.165) is 38.5 Å². The third kappa shape index (κ3) is 30.0. The fourth-order valence-electron chi connectivity index (χ4n) is 9.40. The van der Waals surface area contributed by atoms with E-state index in [0.29, 0.717) is 12.8 Å². The van der Waals surface area contributed by atoms with Crippen molar-refractivity contribution in [2.45, 2.75) is 313 Å². The maximum absolute atomic E-state index is 13.0. The Morgan fingerprint density at radius 1 is 0.400 bits per heavy atom. The van der Waals surface area contributed by atoms with Gasteiger partial charge in [-0.05, 0) is 12.8 Å². The molecule has 414 valence electrons. The summed E-state index contributed by atoms with van der Waals surface area (Å²) in [5.41, 5.74) is 0. The topological polar surface area (TPSA) is 231 Å². The molecule has 2 aliphatic heterocycles. The predicted octanol–water partition coefficient (Wildman–Crippen LogP) is 9.17. The number of rotatable bonds is 46. The van der Waals surface area contributed by atoms with E-state index in [-0.39, 0.29) is 26.1 Å². The van der Waals surface area contributed by atoms with Crippen molar-refractivity contribution < 1.29 is 73.8 Å². The van der Waals surface area contributed by atoms with Crippen molar-refractivity contribution in [1.82, 2.24) is 0 Å². The number of unbranched alkanes of at least 4 members (excludes halogenated alkanes) is 32. The van der Waals surface area contributed by atoms with Gasteiger partial charge in [-0.15, -0.1) is 0 Å². The molecule has 0 amide bonds. The van der Waals surface area contributed by atoms with E-state index in [2.05, 4.69) is 13.8 Å². The summed E-state index contributed by atoms with van der Waals surface area (Å²) in [6.45, 7) is 2.62. The van der Waals surface area contributed by atoms with Gasteiger partial charge in [0.15, 0.2) is 18.7 Å². The number of hydrogen-bond donors (Lipinski definition) is 7. The zero-order valence-electron chi connectivity index (χ0n) is 44.0. The highest BCUT2D eigenvalue weighted by molar-refractivity contribution is 5.70. The number of ether oxygens (including phenoxy) is 6. The molecular formula is C55H104O15. The molecule has 15 heteroatoms. The Kier molecular flexibility index (Phi) is 39.5. The van der Waals surface area contributed by atoms with Crippen LogP contribution in [0.15, 0.2) is 0 Å². The highest BCUT2D eigenvalue weighted by Crippen LogP contribution is 2.27. The first kappa shape index (κ1) is 64.6. The van der Waals surface area contributed by atoms with Crippen molar-refractivity contribution in [2.24, 2.45) is 0 Å². The van der Waals surface area contributed by atoms with E-state index >= 15 is 0 Å². The zero-order chi connectivity index (χ0) is 51.0. The third-order valence-corrected chi connectivity index (χ3v) is 14.1. The van der Waals surface area contributed by atoms with Crippen LogP contribution in [0.3, 0.4) is 0 Å². The highest BCUT2D eigenvalue weighted by atomic mass is 16.7. The lowest BCUT2D eigenvalue weighted by atomic mass is 9.98. The maximum atomic E-state index is 13.0. The van der Waals surface area contributed by atoms with Crippen LogP contribution in [0, 0.1) is 0 Å². The summed E-state index contributed by atoms with van der Waals surface area (Å²) in [5.74, 6) is -0.909. The largest absolute Gasteiger partial charge is 0.462 e. The van der Waals surface area contributed by atoms with Gasteiger partial charge in [0.25, 0.3) is 0 Å². The molecule has 2 heterocycles. The number of carbonyl (C=O) groups is 2. The lowest BCUT2D eigenvalue weighted by molar-refractivity contribution is -0.332. The minimum absolute atomic E-state index is 0.174. The van der Waals surface area contributed by atoms with Gasteiger partial charge < -0.3 is 64.2 Å². The minimum Gasteiger partial charge on any atom is -0.462 e. The van der Waals surface area contributed by atoms with E-state index in [1.54, 1.807) is 0 Å². The van der Waals surface area contributed by atoms with Gasteiger partial charge in [-0.2, -0.15) is 0 Å². The number of esters is 2. The first-order valence-corrected chi connectivity index (χ1v) is 28.6. The molecule has 0 radical (unpaired) electrons. The summed E-state index contributed by atoms with van der Waals surface area (Å²) >= 11 is 0. The molecule has 2 saturated heterocycles. The fourth-order valence-corrected chi connectivity index (χ4v) is 9.40. The molecule has 70 heavy (non-hydrogen) atoms. The van der Waals surface area contributed by atoms with Crippen molar-refractivity contribution in [3.8, 4) is 0 Å². The Balaban J connectivity index is 1.69. The van der Waals surface area contributed by atoms with Crippen LogP contribution in [0.25, 0.3) is 0 Å². The van der Waals surface area contributed by atoms with Crippen LogP contribution in [-0.2, 0) is 38.0 Å². The molecule has 0 aliphatic carbocycles. The van der Waals surface area contributed by atoms with Crippen LogP contribution in [-0.4, -0.2) is 142 Å². The number of hydrogen-bond acceptors (Lipinski definition) is 15. The molecule has 7 N–H and O–H groups in total. The van der Waals surface area contributed by atoms with Crippen molar-refractivity contribution in [1.29, 1.82) is 0 Å². The van der Waals surface area contributed by atoms with E-state index < -0.39 is 92.7 Å². The van der Waals surface area contributed by atoms with Gasteiger partial charge in [-0.25, -0.2) is 0 Å². The fraction of sp³-hybridized carbons (Fsp3) is 0.964. The molecule has 2 aliphatic rings. The Hall–Kier alpha value is -1.50. The normalized spacial score (nSPS) is 25.3. The second-order valence-electron chi connectivity index (χ2n) is 20.5. The van der Waals surface area contributed by atoms with Gasteiger partial charge >= 0.3 is 11.9 Å². The molecule has 0 aromatic rings. The Morgan fingerprint density at radius 2 is 0.729 bits per heavy atom. The van der Waals surface area contributed by atoms with E-state index in [4.69, 9.17) is 28.4 Å². The van der Waals surface area contributed by atoms with Crippen LogP contribution in [0.5, 0.6) is 0 Å². The van der Waals surface area contributed by atoms with Crippen molar-refractivity contribution >= 4 is 11.9 Å². The number of aliphatic hydroxyl groups is 7. The zero-order valence-corrected chi connectivity index (χ0v) is 44.0. The van der Waals surface area contributed by atoms with E-state index in [1.807, 2.05) is 0 Å². The summed E-state index contributed by atoms with van der Waals surface area (Å²) in [5, 5.41) is 72.1. The van der Waals surface area contributed by atoms with Gasteiger partial charge in [0.05, 0.1) is 19.8 Å². The monoisotopic (exact) mass is 1000 g/mol. The minimum atomic E-state index is -1.76. The smallest absolute Gasteiger partial charge is 0.306 e. The van der Waals surface area contributed by atoms with Crippen molar-refractivity contribution in [3.63, 3.8) is 0 Å². The molecular weight excluding hydrogens is 901 g/mol. The lowest BCUT2D eigenvalue weighted by Gasteiger charge is -2.42. The highest BCUT2D eigenvalue weighted by Gasteiger charge is 2.47. The molecule has 15 nitrogen and oxygen atoms in total. The number of carbonyl (C=O) groups excluding carboxylic acids is 2. The van der Waals surface area contributed by atoms with Crippen LogP contribution < -0.4 is 0 Å². The Labute approximate surface area is 423 Å². The van der Waals surface area contributed by atoms with Crippen molar-refractivity contribution in [3.05, 3.63) is 0 Å². The molecule has 0 aromatic carbocycles. The predicted molar refractivity (Wildman–Crippen MR) is 271 cm³/mol. The molecule has 11 unspecified atom stereocenters. The standard InChI is InChI=1S/C55H104O15/c1-3-5-7-9-11-13-15-16-17-18-19-20-21-22-23-24-25-26-27-28-30-32-34-36-38-47(58)68-43(40-65-46(57)37-35-33-31-29-14-12-10-8-6-4-2)41-66-54-53(64)51(62)49(60)45(70-54)42-67-55-52(63)50(61)48(59)44(39-56)69-55/h43-45,48-56,59-64H,3-42H2,1-2H3. The summed E-state index contributed by atoms with van der Waals surface area (Å²) < 4.78 is 33.6. The second-order valence-corrected chi connectivity index (χ2v) is 20.5. The Bertz CT molecular complexity index is 1230. The lowest BCUT2D eigenvalue weighted by Crippen LogP contribution is -2.61. The van der Waals surface area contributed by atoms with E-state index in [1.165, 1.54) is 167 Å². The average molecular weight is 1010 g/mol. The van der Waals surface area contributed by atoms with Gasteiger partial charge in [0, 0.05) is 12.8 Å². The SMILES string of the molecule is CCCCCCCCCCCCCCCCCCCCCCCCCCC(=O)OC(COC(=O)CCCCCCCCCCCC)COC1OC(COC2OC(CO)C(O)C(O)C2O)C(O)C(O)C1O. The average Bonchev–Trinajstić information content (AvgIpc) is 3.35. The summed E-state index contributed by atoms with van der Waals surface area (Å²) in [6, 6.07) is 0. The second kappa shape index (κ2) is 42.8. The molecule has 2 rings (SSSR count). The van der Waals surface area contributed by atoms with Gasteiger partial charge in [0.2, 0.25) is 0 Å². The molecule has 0 aromatic heterocycles. The summed E-state index contributed by atoms with van der Waals surface area (Å²) in [7, 11) is 0. The Morgan fingerprint density at radius 3 is 1.11 bits per heavy atom. The summed E-state index contributed by atoms with van der Waals surface area (Å²) in [4.78, 5) is 25.8. The molecule has 2 fully saturated rings. The van der Waals surface area contributed by atoms with Crippen LogP contribution >= 0.6 is 0 Å². The maximum Gasteiger partial charge on any atom is 0.306 e. The third-order valence-electron chi connectivity index (χ3n) is 14.1. The van der Waals surface area contributed by atoms with Gasteiger partial charge in [-0.3, -0.25) is 9.59 Å². The van der Waals surface area contributed by atoms with Crippen LogP contribution in [0.1, 0.15) is 245 Å². The number of aliphatic hydroxyl groups excluding tert-OH is 7. The van der Waals surface area contributed by atoms with Gasteiger partial charge in [-0.1, -0.05) is 219 Å². The quantitative estimate of drug-likeness (QED) is 0.0223. The molecule has 11 atom stereocenters. The molecule has 0 saturated carbocycles. The molecule has 0 bridgehead atoms. The van der Waals surface area contributed by atoms with Crippen LogP contribution in [0.2, 0.25) is 0 Å². The summed E-state index contributed by atoms with van der Waals surface area (Å²) in [6.07, 6.45) is 25.8. The first-order chi connectivity index (χ1) is 34.0. The first-order valence-electron chi connectivity index (χ1n) is 28.6. The van der Waals surface area contributed by atoms with Gasteiger partial charge in [0.1, 0.15) is 55.4 Å². The van der Waals surface area contributed by atoms with Crippen molar-refractivity contribution in [2.75, 3.05) is 26.4 Å². The van der Waals surface area contributed by atoms with E-state index in [9.17, 15) is 45.3 Å². The van der Waals surface area contributed by atoms with Crippen LogP contribution in [0.4, 0.5) is 0 Å². The molecule has 0 spiro atoms.